The summed E-state index contributed by atoms with van der Waals surface area (Å²) in [7, 11) is 0. The van der Waals surface area contributed by atoms with E-state index in [0.717, 1.165) is 21.6 Å². The Balaban J connectivity index is 1.34. The number of hydrogen-bond acceptors (Lipinski definition) is 6. The summed E-state index contributed by atoms with van der Waals surface area (Å²) in [5.74, 6) is -0.655. The summed E-state index contributed by atoms with van der Waals surface area (Å²) >= 11 is 3.23. The first kappa shape index (κ1) is 17.6. The number of hydrogen-bond donors (Lipinski definition) is 1. The molecule has 0 unspecified atom stereocenters. The Morgan fingerprint density at radius 1 is 1.12 bits per heavy atom. The molecule has 3 aromatic rings. The van der Waals surface area contributed by atoms with E-state index in [0.29, 0.717) is 13.0 Å². The van der Waals surface area contributed by atoms with E-state index in [-0.39, 0.29) is 24.9 Å². The Kier molecular flexibility index (Phi) is 6.14. The van der Waals surface area contributed by atoms with Crippen molar-refractivity contribution in [3.8, 4) is 0 Å². The number of esters is 1. The highest BCUT2D eigenvalue weighted by atomic mass is 32.1. The zero-order valence-corrected chi connectivity index (χ0v) is 15.2. The van der Waals surface area contributed by atoms with Gasteiger partial charge in [-0.25, -0.2) is 4.98 Å². The molecule has 25 heavy (non-hydrogen) atoms. The van der Waals surface area contributed by atoms with Crippen LogP contribution in [0.15, 0.2) is 41.8 Å². The molecule has 3 rings (SSSR count). The second-order valence-corrected chi connectivity index (χ2v) is 7.56. The molecule has 2 aromatic heterocycles. The number of thiophene rings is 1. The molecule has 0 saturated carbocycles. The highest BCUT2D eigenvalue weighted by Crippen LogP contribution is 2.22. The van der Waals surface area contributed by atoms with E-state index in [1.165, 1.54) is 4.88 Å². The van der Waals surface area contributed by atoms with Gasteiger partial charge in [0.05, 0.1) is 21.6 Å². The van der Waals surface area contributed by atoms with E-state index in [2.05, 4.69) is 10.3 Å². The van der Waals surface area contributed by atoms with E-state index in [1.807, 2.05) is 41.8 Å². The molecule has 1 aromatic carbocycles. The number of amides is 1. The third kappa shape index (κ3) is 5.37. The number of fused-ring (bicyclic) bond motifs is 1. The summed E-state index contributed by atoms with van der Waals surface area (Å²) in [5.41, 5.74) is 0.945. The molecule has 0 radical (unpaired) electrons. The third-order valence-electron chi connectivity index (χ3n) is 3.52. The first-order valence-corrected chi connectivity index (χ1v) is 9.69. The Hall–Kier alpha value is -2.25. The largest absolute Gasteiger partial charge is 0.456 e. The average Bonchev–Trinajstić information content (AvgIpc) is 3.27. The van der Waals surface area contributed by atoms with Crippen LogP contribution in [0.3, 0.4) is 0 Å². The second kappa shape index (κ2) is 8.73. The first-order valence-electron chi connectivity index (χ1n) is 8.00. The number of aromatic nitrogens is 1. The number of nitrogens with zero attached hydrogens (tertiary/aromatic N) is 1. The van der Waals surface area contributed by atoms with Gasteiger partial charge in [-0.3, -0.25) is 9.59 Å². The molecule has 0 aliphatic carbocycles. The monoisotopic (exact) mass is 374 g/mol. The SMILES string of the molecule is O=C(COC(=O)CCc1nc2ccccc2s1)NCCc1cccs1. The van der Waals surface area contributed by atoms with Crippen molar-refractivity contribution in [1.82, 2.24) is 10.3 Å². The number of ether oxygens (including phenoxy) is 1. The zero-order chi connectivity index (χ0) is 17.5. The number of thiazole rings is 1. The number of benzene rings is 1. The van der Waals surface area contributed by atoms with Gasteiger partial charge in [-0.2, -0.15) is 0 Å². The van der Waals surface area contributed by atoms with Crippen LogP contribution in [0.5, 0.6) is 0 Å². The van der Waals surface area contributed by atoms with Crippen molar-refractivity contribution in [3.63, 3.8) is 0 Å². The van der Waals surface area contributed by atoms with Crippen LogP contribution in [-0.2, 0) is 27.2 Å². The van der Waals surface area contributed by atoms with Crippen molar-refractivity contribution in [2.24, 2.45) is 0 Å². The van der Waals surface area contributed by atoms with Crippen LogP contribution in [0.25, 0.3) is 10.2 Å². The number of para-hydroxylation sites is 1. The lowest BCUT2D eigenvalue weighted by Crippen LogP contribution is -2.30. The van der Waals surface area contributed by atoms with Crippen LogP contribution in [0, 0.1) is 0 Å². The lowest BCUT2D eigenvalue weighted by Gasteiger charge is -2.05. The lowest BCUT2D eigenvalue weighted by atomic mass is 10.3. The molecule has 0 fully saturated rings. The highest BCUT2D eigenvalue weighted by Gasteiger charge is 2.10. The van der Waals surface area contributed by atoms with Crippen LogP contribution in [-0.4, -0.2) is 30.0 Å². The van der Waals surface area contributed by atoms with Crippen molar-refractivity contribution in [2.75, 3.05) is 13.2 Å². The summed E-state index contributed by atoms with van der Waals surface area (Å²) in [5, 5.41) is 5.65. The van der Waals surface area contributed by atoms with Gasteiger partial charge in [-0.05, 0) is 30.0 Å². The topological polar surface area (TPSA) is 68.3 Å². The predicted molar refractivity (Wildman–Crippen MR) is 99.9 cm³/mol. The summed E-state index contributed by atoms with van der Waals surface area (Å²) in [6.07, 6.45) is 1.54. The number of carbonyl (C=O) groups excluding carboxylic acids is 2. The molecule has 1 N–H and O–H groups in total. The van der Waals surface area contributed by atoms with E-state index in [1.54, 1.807) is 22.7 Å². The second-order valence-electron chi connectivity index (χ2n) is 5.42. The Bertz CT molecular complexity index is 810. The van der Waals surface area contributed by atoms with E-state index in [9.17, 15) is 9.59 Å². The van der Waals surface area contributed by atoms with Crippen molar-refractivity contribution in [2.45, 2.75) is 19.3 Å². The normalized spacial score (nSPS) is 10.7. The maximum atomic E-state index is 11.8. The summed E-state index contributed by atoms with van der Waals surface area (Å²) in [6.45, 7) is 0.311. The van der Waals surface area contributed by atoms with Gasteiger partial charge >= 0.3 is 5.97 Å². The fourth-order valence-electron chi connectivity index (χ4n) is 2.29. The molecule has 0 aliphatic heterocycles. The molecule has 0 atom stereocenters. The minimum absolute atomic E-state index is 0.225. The Morgan fingerprint density at radius 3 is 2.80 bits per heavy atom. The maximum absolute atomic E-state index is 11.8. The van der Waals surface area contributed by atoms with Gasteiger partial charge in [0.15, 0.2) is 6.61 Å². The minimum Gasteiger partial charge on any atom is -0.456 e. The van der Waals surface area contributed by atoms with Crippen LogP contribution in [0.2, 0.25) is 0 Å². The fraction of sp³-hybridized carbons (Fsp3) is 0.278. The number of carbonyl (C=O) groups is 2. The molecule has 2 heterocycles. The van der Waals surface area contributed by atoms with E-state index >= 15 is 0 Å². The van der Waals surface area contributed by atoms with Crippen molar-refractivity contribution in [1.29, 1.82) is 0 Å². The molecule has 0 spiro atoms. The van der Waals surface area contributed by atoms with Crippen LogP contribution in [0.4, 0.5) is 0 Å². The molecule has 7 heteroatoms. The predicted octanol–water partition coefficient (Wildman–Crippen LogP) is 3.19. The number of nitrogens with one attached hydrogen (secondary N) is 1. The van der Waals surface area contributed by atoms with Gasteiger partial charge in [0.25, 0.3) is 5.91 Å². The maximum Gasteiger partial charge on any atom is 0.306 e. The summed E-state index contributed by atoms with van der Waals surface area (Å²) < 4.78 is 6.12. The van der Waals surface area contributed by atoms with Gasteiger partial charge in [0.2, 0.25) is 0 Å². The lowest BCUT2D eigenvalue weighted by molar-refractivity contribution is -0.148. The van der Waals surface area contributed by atoms with Gasteiger partial charge < -0.3 is 10.1 Å². The van der Waals surface area contributed by atoms with Crippen LogP contribution < -0.4 is 5.32 Å². The number of rotatable bonds is 8. The van der Waals surface area contributed by atoms with Gasteiger partial charge in [-0.15, -0.1) is 22.7 Å². The average molecular weight is 374 g/mol. The Labute approximate surface area is 153 Å². The van der Waals surface area contributed by atoms with Gasteiger partial charge in [0, 0.05) is 17.8 Å². The molecule has 5 nitrogen and oxygen atoms in total. The third-order valence-corrected chi connectivity index (χ3v) is 5.55. The van der Waals surface area contributed by atoms with Crippen molar-refractivity contribution >= 4 is 44.8 Å². The standard InChI is InChI=1S/C18H18N2O3S2/c21-16(19-10-9-13-4-3-11-24-13)12-23-18(22)8-7-17-20-14-5-1-2-6-15(14)25-17/h1-6,11H,7-10,12H2,(H,19,21). The van der Waals surface area contributed by atoms with Gasteiger partial charge in [0.1, 0.15) is 0 Å². The van der Waals surface area contributed by atoms with Gasteiger partial charge in [-0.1, -0.05) is 18.2 Å². The quantitative estimate of drug-likeness (QED) is 0.615. The minimum atomic E-state index is -0.382. The van der Waals surface area contributed by atoms with E-state index in [4.69, 9.17) is 4.74 Å². The number of aryl methyl sites for hydroxylation is 1. The first-order chi connectivity index (χ1) is 12.2. The summed E-state index contributed by atoms with van der Waals surface area (Å²) in [6, 6.07) is 11.9. The summed E-state index contributed by atoms with van der Waals surface area (Å²) in [4.78, 5) is 29.1. The Morgan fingerprint density at radius 2 is 2.00 bits per heavy atom. The van der Waals surface area contributed by atoms with E-state index < -0.39 is 0 Å². The molecular formula is C18H18N2O3S2. The van der Waals surface area contributed by atoms with Crippen molar-refractivity contribution in [3.05, 3.63) is 51.7 Å². The smallest absolute Gasteiger partial charge is 0.306 e. The highest BCUT2D eigenvalue weighted by molar-refractivity contribution is 7.18. The molecule has 0 aliphatic rings. The zero-order valence-electron chi connectivity index (χ0n) is 13.6. The molecular weight excluding hydrogens is 356 g/mol. The molecule has 1 amide bonds. The van der Waals surface area contributed by atoms with Crippen molar-refractivity contribution < 1.29 is 14.3 Å². The fourth-order valence-corrected chi connectivity index (χ4v) is 3.96. The molecule has 130 valence electrons. The molecule has 0 saturated heterocycles. The van der Waals surface area contributed by atoms with Crippen LogP contribution >= 0.6 is 22.7 Å². The molecule has 0 bridgehead atoms. The van der Waals surface area contributed by atoms with Crippen LogP contribution in [0.1, 0.15) is 16.3 Å².